The van der Waals surface area contributed by atoms with Gasteiger partial charge < -0.3 is 22.1 Å². The van der Waals surface area contributed by atoms with Gasteiger partial charge in [-0.1, -0.05) is 20.3 Å². The minimum Gasteiger partial charge on any atom is -0.352 e. The second kappa shape index (κ2) is 7.76. The molecular weight excluding hydrogens is 220 g/mol. The Morgan fingerprint density at radius 1 is 0.941 bits per heavy atom. The van der Waals surface area contributed by atoms with E-state index in [-0.39, 0.29) is 5.41 Å². The lowest BCUT2D eigenvalue weighted by Crippen LogP contribution is -2.32. The minimum absolute atomic E-state index is 0.162. The Balaban J connectivity index is 3.56. The molecule has 0 aromatic heterocycles. The summed E-state index contributed by atoms with van der Waals surface area (Å²) in [6, 6.07) is -0.957. The molecule has 0 unspecified atom stereocenters. The number of nitrogens with one attached hydrogen (secondary N) is 2. The standard InChI is InChI=1S/C11H24N4O2/c1-11(2,6-8-15-10(13)17)5-3-4-7-14-9(12)16/h3-8H2,1-2H3,(H3,12,14,16)(H3,13,15,17). The van der Waals surface area contributed by atoms with Gasteiger partial charge in [0.05, 0.1) is 0 Å². The summed E-state index contributed by atoms with van der Waals surface area (Å²) in [4.78, 5) is 20.9. The molecule has 0 rings (SSSR count). The highest BCUT2D eigenvalue weighted by Gasteiger charge is 2.16. The van der Waals surface area contributed by atoms with Gasteiger partial charge in [0.2, 0.25) is 0 Å². The second-order valence-electron chi connectivity index (χ2n) is 4.95. The normalized spacial score (nSPS) is 10.9. The molecule has 0 aliphatic heterocycles. The monoisotopic (exact) mass is 244 g/mol. The number of hydrogen-bond donors (Lipinski definition) is 4. The molecule has 0 radical (unpaired) electrons. The SMILES string of the molecule is CC(C)(CCCCNC(N)=O)CCNC(N)=O. The van der Waals surface area contributed by atoms with Crippen LogP contribution in [0.15, 0.2) is 0 Å². The smallest absolute Gasteiger partial charge is 0.312 e. The third-order valence-corrected chi connectivity index (χ3v) is 2.68. The van der Waals surface area contributed by atoms with Gasteiger partial charge in [-0.25, -0.2) is 9.59 Å². The Kier molecular flexibility index (Phi) is 7.09. The maximum atomic E-state index is 10.5. The zero-order valence-corrected chi connectivity index (χ0v) is 10.7. The first-order valence-corrected chi connectivity index (χ1v) is 5.90. The molecular formula is C11H24N4O2. The molecule has 0 aromatic carbocycles. The summed E-state index contributed by atoms with van der Waals surface area (Å²) in [5, 5.41) is 5.14. The van der Waals surface area contributed by atoms with Crippen molar-refractivity contribution >= 4 is 12.1 Å². The molecule has 6 nitrogen and oxygen atoms in total. The topological polar surface area (TPSA) is 110 Å². The first-order valence-electron chi connectivity index (χ1n) is 5.90. The van der Waals surface area contributed by atoms with Crippen molar-refractivity contribution in [1.29, 1.82) is 0 Å². The van der Waals surface area contributed by atoms with Crippen molar-refractivity contribution in [3.8, 4) is 0 Å². The Morgan fingerprint density at radius 3 is 2.00 bits per heavy atom. The first kappa shape index (κ1) is 15.5. The van der Waals surface area contributed by atoms with Crippen molar-refractivity contribution in [3.05, 3.63) is 0 Å². The Morgan fingerprint density at radius 2 is 1.47 bits per heavy atom. The number of nitrogens with two attached hydrogens (primary N) is 2. The summed E-state index contributed by atoms with van der Waals surface area (Å²) in [7, 11) is 0. The van der Waals surface area contributed by atoms with E-state index in [0.717, 1.165) is 25.7 Å². The van der Waals surface area contributed by atoms with E-state index in [1.807, 2.05) is 0 Å². The lowest BCUT2D eigenvalue weighted by Gasteiger charge is -2.24. The molecule has 0 bridgehead atoms. The van der Waals surface area contributed by atoms with E-state index in [4.69, 9.17) is 11.5 Å². The average molecular weight is 244 g/mol. The van der Waals surface area contributed by atoms with Gasteiger partial charge in [-0.05, 0) is 24.7 Å². The van der Waals surface area contributed by atoms with Gasteiger partial charge in [0.15, 0.2) is 0 Å². The third-order valence-electron chi connectivity index (χ3n) is 2.68. The molecule has 0 fully saturated rings. The maximum absolute atomic E-state index is 10.5. The van der Waals surface area contributed by atoms with E-state index in [1.54, 1.807) is 0 Å². The van der Waals surface area contributed by atoms with Crippen LogP contribution in [0.2, 0.25) is 0 Å². The molecule has 0 aliphatic rings. The van der Waals surface area contributed by atoms with Crippen LogP contribution in [-0.4, -0.2) is 25.2 Å². The fourth-order valence-corrected chi connectivity index (χ4v) is 1.59. The molecule has 0 heterocycles. The molecule has 100 valence electrons. The minimum atomic E-state index is -0.480. The van der Waals surface area contributed by atoms with Crippen LogP contribution in [-0.2, 0) is 0 Å². The number of hydrogen-bond acceptors (Lipinski definition) is 2. The molecule has 0 aromatic rings. The predicted molar refractivity (Wildman–Crippen MR) is 67.4 cm³/mol. The molecule has 0 atom stereocenters. The van der Waals surface area contributed by atoms with Crippen molar-refractivity contribution in [2.75, 3.05) is 13.1 Å². The quantitative estimate of drug-likeness (QED) is 0.476. The predicted octanol–water partition coefficient (Wildman–Crippen LogP) is 0.910. The van der Waals surface area contributed by atoms with Gasteiger partial charge in [-0.3, -0.25) is 0 Å². The van der Waals surface area contributed by atoms with Gasteiger partial charge in [0, 0.05) is 13.1 Å². The van der Waals surface area contributed by atoms with E-state index in [0.29, 0.717) is 13.1 Å². The van der Waals surface area contributed by atoms with Crippen LogP contribution in [0, 0.1) is 5.41 Å². The lowest BCUT2D eigenvalue weighted by molar-refractivity contribution is 0.243. The van der Waals surface area contributed by atoms with Crippen molar-refractivity contribution < 1.29 is 9.59 Å². The summed E-state index contributed by atoms with van der Waals surface area (Å²) in [6.07, 6.45) is 3.85. The van der Waals surface area contributed by atoms with E-state index >= 15 is 0 Å². The van der Waals surface area contributed by atoms with Crippen molar-refractivity contribution in [2.45, 2.75) is 39.5 Å². The molecule has 0 spiro atoms. The summed E-state index contributed by atoms with van der Waals surface area (Å²) in [5.41, 5.74) is 10.1. The fraction of sp³-hybridized carbons (Fsp3) is 0.818. The highest BCUT2D eigenvalue weighted by Crippen LogP contribution is 2.26. The van der Waals surface area contributed by atoms with Crippen LogP contribution in [0.3, 0.4) is 0 Å². The summed E-state index contributed by atoms with van der Waals surface area (Å²) < 4.78 is 0. The zero-order valence-electron chi connectivity index (χ0n) is 10.7. The van der Waals surface area contributed by atoms with Gasteiger partial charge in [-0.2, -0.15) is 0 Å². The molecule has 0 aliphatic carbocycles. The Hall–Kier alpha value is -1.46. The first-order chi connectivity index (χ1) is 7.83. The molecule has 17 heavy (non-hydrogen) atoms. The van der Waals surface area contributed by atoms with Crippen LogP contribution < -0.4 is 22.1 Å². The number of primary amides is 2. The zero-order chi connectivity index (χ0) is 13.3. The van der Waals surface area contributed by atoms with E-state index in [2.05, 4.69) is 24.5 Å². The molecule has 0 saturated heterocycles. The van der Waals surface area contributed by atoms with Gasteiger partial charge >= 0.3 is 12.1 Å². The fourth-order valence-electron chi connectivity index (χ4n) is 1.59. The van der Waals surface area contributed by atoms with Crippen LogP contribution in [0.5, 0.6) is 0 Å². The number of amides is 4. The van der Waals surface area contributed by atoms with E-state index in [1.165, 1.54) is 0 Å². The summed E-state index contributed by atoms with van der Waals surface area (Å²) in [6.45, 7) is 5.52. The largest absolute Gasteiger partial charge is 0.352 e. The van der Waals surface area contributed by atoms with Crippen molar-refractivity contribution in [2.24, 2.45) is 16.9 Å². The van der Waals surface area contributed by atoms with Crippen molar-refractivity contribution in [3.63, 3.8) is 0 Å². The van der Waals surface area contributed by atoms with Gasteiger partial charge in [0.25, 0.3) is 0 Å². The lowest BCUT2D eigenvalue weighted by atomic mass is 9.84. The summed E-state index contributed by atoms with van der Waals surface area (Å²) in [5.74, 6) is 0. The summed E-state index contributed by atoms with van der Waals surface area (Å²) >= 11 is 0. The number of rotatable bonds is 8. The number of carbonyl (C=O) groups is 2. The molecule has 4 amide bonds. The van der Waals surface area contributed by atoms with Crippen LogP contribution in [0.25, 0.3) is 0 Å². The number of carbonyl (C=O) groups excluding carboxylic acids is 2. The van der Waals surface area contributed by atoms with Crippen LogP contribution in [0.1, 0.15) is 39.5 Å². The second-order valence-corrected chi connectivity index (χ2v) is 4.95. The number of urea groups is 2. The van der Waals surface area contributed by atoms with Crippen LogP contribution in [0.4, 0.5) is 9.59 Å². The Labute approximate surface area is 102 Å². The van der Waals surface area contributed by atoms with Gasteiger partial charge in [0.1, 0.15) is 0 Å². The van der Waals surface area contributed by atoms with Crippen molar-refractivity contribution in [1.82, 2.24) is 10.6 Å². The highest BCUT2D eigenvalue weighted by atomic mass is 16.2. The van der Waals surface area contributed by atoms with E-state index < -0.39 is 12.1 Å². The van der Waals surface area contributed by atoms with Gasteiger partial charge in [-0.15, -0.1) is 0 Å². The molecule has 6 N–H and O–H groups in total. The highest BCUT2D eigenvalue weighted by molar-refractivity contribution is 5.71. The van der Waals surface area contributed by atoms with Crippen LogP contribution >= 0.6 is 0 Å². The molecule has 0 saturated carbocycles. The molecule has 6 heteroatoms. The van der Waals surface area contributed by atoms with E-state index in [9.17, 15) is 9.59 Å². The average Bonchev–Trinajstić information content (AvgIpc) is 2.15. The number of unbranched alkanes of at least 4 members (excludes halogenated alkanes) is 1. The maximum Gasteiger partial charge on any atom is 0.312 e. The third kappa shape index (κ3) is 10.8. The Bertz CT molecular complexity index is 254.